The van der Waals surface area contributed by atoms with E-state index in [-0.39, 0.29) is 4.90 Å². The molecule has 1 aliphatic heterocycles. The Labute approximate surface area is 174 Å². The van der Waals surface area contributed by atoms with Crippen molar-refractivity contribution in [2.75, 3.05) is 31.1 Å². The van der Waals surface area contributed by atoms with Gasteiger partial charge in [-0.2, -0.15) is 0 Å². The quantitative estimate of drug-likeness (QED) is 0.666. The molecule has 9 heteroatoms. The normalized spacial score (nSPS) is 15.6. The third-order valence-electron chi connectivity index (χ3n) is 4.92. The second kappa shape index (κ2) is 8.16. The average molecular weight is 433 g/mol. The fourth-order valence-corrected chi connectivity index (χ4v) is 4.07. The largest absolute Gasteiger partial charge is 0.439 e. The zero-order chi connectivity index (χ0) is 20.4. The molecule has 0 unspecified atom stereocenters. The molecule has 0 saturated carbocycles. The molecule has 1 saturated heterocycles. The van der Waals surface area contributed by atoms with E-state index in [9.17, 15) is 8.42 Å². The Morgan fingerprint density at radius 2 is 1.79 bits per heavy atom. The van der Waals surface area contributed by atoms with E-state index in [1.807, 2.05) is 24.3 Å². The number of rotatable bonds is 5. The Kier molecular flexibility index (Phi) is 5.60. The van der Waals surface area contributed by atoms with E-state index in [0.29, 0.717) is 23.2 Å². The summed E-state index contributed by atoms with van der Waals surface area (Å²) in [5, 5.41) is 5.81. The summed E-state index contributed by atoms with van der Waals surface area (Å²) in [6.45, 7) is 4.00. The summed E-state index contributed by atoms with van der Waals surface area (Å²) >= 11 is 6.04. The molecule has 0 bridgehead atoms. The molecule has 0 aliphatic carbocycles. The SMILES string of the molecule is NS(=O)(=O)c1ccc(N2CCN(Cc3ncc(-c4cccc(Cl)c4)o3)CC2)cc1. The van der Waals surface area contributed by atoms with Crippen LogP contribution in [0.5, 0.6) is 0 Å². The van der Waals surface area contributed by atoms with Crippen molar-refractivity contribution in [3.05, 3.63) is 65.6 Å². The number of anilines is 1. The molecule has 3 aromatic rings. The standard InChI is InChI=1S/C20H21ClN4O3S/c21-16-3-1-2-15(12-16)19-13-23-20(28-19)14-24-8-10-25(11-9-24)17-4-6-18(7-5-17)29(22,26)27/h1-7,12-13H,8-11,14H2,(H2,22,26,27). The molecule has 0 amide bonds. The zero-order valence-electron chi connectivity index (χ0n) is 15.7. The number of primary sulfonamides is 1. The minimum atomic E-state index is -3.67. The van der Waals surface area contributed by atoms with Gasteiger partial charge in [-0.15, -0.1) is 0 Å². The monoisotopic (exact) mass is 432 g/mol. The Morgan fingerprint density at radius 3 is 2.45 bits per heavy atom. The van der Waals surface area contributed by atoms with Crippen LogP contribution in [0.25, 0.3) is 11.3 Å². The molecule has 4 rings (SSSR count). The van der Waals surface area contributed by atoms with Crippen molar-refractivity contribution in [1.82, 2.24) is 9.88 Å². The lowest BCUT2D eigenvalue weighted by Gasteiger charge is -2.35. The number of sulfonamides is 1. The Balaban J connectivity index is 1.35. The maximum Gasteiger partial charge on any atom is 0.238 e. The van der Waals surface area contributed by atoms with Crippen molar-refractivity contribution in [3.8, 4) is 11.3 Å². The highest BCUT2D eigenvalue weighted by Crippen LogP contribution is 2.24. The number of piperazine rings is 1. The number of benzene rings is 2. The van der Waals surface area contributed by atoms with Crippen LogP contribution in [0.1, 0.15) is 5.89 Å². The molecular formula is C20H21ClN4O3S. The molecule has 0 radical (unpaired) electrons. The lowest BCUT2D eigenvalue weighted by Crippen LogP contribution is -2.46. The van der Waals surface area contributed by atoms with Gasteiger partial charge in [0.25, 0.3) is 0 Å². The summed E-state index contributed by atoms with van der Waals surface area (Å²) < 4.78 is 28.7. The van der Waals surface area contributed by atoms with Crippen LogP contribution in [-0.2, 0) is 16.6 Å². The maximum absolute atomic E-state index is 11.4. The Hall–Kier alpha value is -2.39. The zero-order valence-corrected chi connectivity index (χ0v) is 17.2. The molecule has 152 valence electrons. The predicted octanol–water partition coefficient (Wildman–Crippen LogP) is 2.96. The third kappa shape index (κ3) is 4.79. The predicted molar refractivity (Wildman–Crippen MR) is 112 cm³/mol. The number of aromatic nitrogens is 1. The van der Waals surface area contributed by atoms with E-state index >= 15 is 0 Å². The number of nitrogens with two attached hydrogens (primary N) is 1. The Morgan fingerprint density at radius 1 is 1.07 bits per heavy atom. The van der Waals surface area contributed by atoms with Crippen LogP contribution in [0.15, 0.2) is 64.0 Å². The summed E-state index contributed by atoms with van der Waals surface area (Å²) in [7, 11) is -3.67. The molecule has 1 aliphatic rings. The molecule has 29 heavy (non-hydrogen) atoms. The van der Waals surface area contributed by atoms with Crippen LogP contribution in [0, 0.1) is 0 Å². The second-order valence-electron chi connectivity index (χ2n) is 6.93. The van der Waals surface area contributed by atoms with E-state index in [4.69, 9.17) is 21.2 Å². The van der Waals surface area contributed by atoms with Crippen LogP contribution < -0.4 is 10.0 Å². The van der Waals surface area contributed by atoms with Gasteiger partial charge in [-0.25, -0.2) is 18.5 Å². The highest BCUT2D eigenvalue weighted by molar-refractivity contribution is 7.89. The minimum absolute atomic E-state index is 0.124. The van der Waals surface area contributed by atoms with Gasteiger partial charge in [0.05, 0.1) is 17.6 Å². The van der Waals surface area contributed by atoms with Gasteiger partial charge in [-0.1, -0.05) is 23.7 Å². The van der Waals surface area contributed by atoms with Gasteiger partial charge in [0.1, 0.15) is 0 Å². The maximum atomic E-state index is 11.4. The molecule has 1 fully saturated rings. The van der Waals surface area contributed by atoms with Gasteiger partial charge in [0.15, 0.2) is 5.76 Å². The summed E-state index contributed by atoms with van der Waals surface area (Å²) in [6.07, 6.45) is 1.73. The first-order chi connectivity index (χ1) is 13.9. The second-order valence-corrected chi connectivity index (χ2v) is 8.93. The van der Waals surface area contributed by atoms with Crippen molar-refractivity contribution in [2.45, 2.75) is 11.4 Å². The molecular weight excluding hydrogens is 412 g/mol. The summed E-state index contributed by atoms with van der Waals surface area (Å²) in [4.78, 5) is 9.02. The van der Waals surface area contributed by atoms with E-state index < -0.39 is 10.0 Å². The lowest BCUT2D eigenvalue weighted by atomic mass is 10.2. The number of oxazole rings is 1. The van der Waals surface area contributed by atoms with Crippen molar-refractivity contribution in [3.63, 3.8) is 0 Å². The highest BCUT2D eigenvalue weighted by Gasteiger charge is 2.20. The van der Waals surface area contributed by atoms with Gasteiger partial charge in [-0.05, 0) is 36.4 Å². The van der Waals surface area contributed by atoms with Crippen LogP contribution in [0.4, 0.5) is 5.69 Å². The van der Waals surface area contributed by atoms with Crippen LogP contribution in [-0.4, -0.2) is 44.5 Å². The van der Waals surface area contributed by atoms with E-state index in [1.54, 1.807) is 30.5 Å². The fraction of sp³-hybridized carbons (Fsp3) is 0.250. The van der Waals surface area contributed by atoms with Crippen molar-refractivity contribution in [1.29, 1.82) is 0 Å². The van der Waals surface area contributed by atoms with Gasteiger partial charge >= 0.3 is 0 Å². The molecule has 1 aromatic heterocycles. The molecule has 2 heterocycles. The van der Waals surface area contributed by atoms with Gasteiger partial charge < -0.3 is 9.32 Å². The molecule has 2 aromatic carbocycles. The van der Waals surface area contributed by atoms with Gasteiger partial charge in [-0.3, -0.25) is 4.90 Å². The van der Waals surface area contributed by atoms with Gasteiger partial charge in [0, 0.05) is 42.5 Å². The first kappa shape index (κ1) is 19.9. The first-order valence-electron chi connectivity index (χ1n) is 9.19. The van der Waals surface area contributed by atoms with Crippen molar-refractivity contribution >= 4 is 27.3 Å². The highest BCUT2D eigenvalue weighted by atomic mass is 35.5. The number of hydrogen-bond acceptors (Lipinski definition) is 6. The summed E-state index contributed by atoms with van der Waals surface area (Å²) in [5.41, 5.74) is 1.89. The minimum Gasteiger partial charge on any atom is -0.439 e. The number of halogens is 1. The van der Waals surface area contributed by atoms with E-state index in [2.05, 4.69) is 14.8 Å². The Bertz CT molecular complexity index is 1090. The molecule has 0 spiro atoms. The first-order valence-corrected chi connectivity index (χ1v) is 11.1. The fourth-order valence-electron chi connectivity index (χ4n) is 3.36. The molecule has 7 nitrogen and oxygen atoms in total. The molecule has 0 atom stereocenters. The molecule has 2 N–H and O–H groups in total. The topological polar surface area (TPSA) is 92.7 Å². The van der Waals surface area contributed by atoms with Crippen LogP contribution >= 0.6 is 11.6 Å². The summed E-state index contributed by atoms with van der Waals surface area (Å²) in [6, 6.07) is 14.2. The van der Waals surface area contributed by atoms with E-state index in [1.165, 1.54) is 0 Å². The van der Waals surface area contributed by atoms with Crippen molar-refractivity contribution in [2.24, 2.45) is 5.14 Å². The van der Waals surface area contributed by atoms with Gasteiger partial charge in [0.2, 0.25) is 15.9 Å². The number of hydrogen-bond donors (Lipinski definition) is 1. The van der Waals surface area contributed by atoms with Crippen molar-refractivity contribution < 1.29 is 12.8 Å². The van der Waals surface area contributed by atoms with E-state index in [0.717, 1.165) is 37.4 Å². The summed E-state index contributed by atoms with van der Waals surface area (Å²) in [5.74, 6) is 1.38. The smallest absolute Gasteiger partial charge is 0.238 e. The third-order valence-corrected chi connectivity index (χ3v) is 6.09. The number of nitrogens with zero attached hydrogens (tertiary/aromatic N) is 3. The lowest BCUT2D eigenvalue weighted by molar-refractivity contribution is 0.227. The van der Waals surface area contributed by atoms with Crippen LogP contribution in [0.3, 0.4) is 0 Å². The average Bonchev–Trinajstić information content (AvgIpc) is 3.17. The van der Waals surface area contributed by atoms with Crippen LogP contribution in [0.2, 0.25) is 5.02 Å².